The summed E-state index contributed by atoms with van der Waals surface area (Å²) >= 11 is 0. The van der Waals surface area contributed by atoms with E-state index in [1.807, 2.05) is 12.1 Å². The quantitative estimate of drug-likeness (QED) is 0.528. The van der Waals surface area contributed by atoms with Crippen LogP contribution in [-0.4, -0.2) is 48.7 Å². The maximum atomic E-state index is 10.8. The molecule has 2 aromatic rings. The number of phenolic OH excluding ortho intramolecular Hbond substituents is 2. The van der Waals surface area contributed by atoms with E-state index in [2.05, 4.69) is 10.6 Å². The largest absolute Gasteiger partial charge is 0.508 e. The third-order valence-electron chi connectivity index (χ3n) is 5.93. The van der Waals surface area contributed by atoms with Crippen molar-refractivity contribution >= 4 is 35.6 Å². The van der Waals surface area contributed by atoms with Gasteiger partial charge in [0.25, 0.3) is 0 Å². The van der Waals surface area contributed by atoms with Crippen molar-refractivity contribution in [3.05, 3.63) is 35.4 Å². The molecule has 2 fully saturated rings. The molecule has 0 spiro atoms. The lowest BCUT2D eigenvalue weighted by atomic mass is 9.98. The predicted molar refractivity (Wildman–Crippen MR) is 123 cm³/mol. The first-order valence-corrected chi connectivity index (χ1v) is 10.3. The lowest BCUT2D eigenvalue weighted by molar-refractivity contribution is 0.0774. The van der Waals surface area contributed by atoms with E-state index in [9.17, 15) is 10.2 Å². The molecular formula is C22H32Cl2N2O4. The molecule has 2 aliphatic rings. The van der Waals surface area contributed by atoms with Crippen LogP contribution in [0.4, 0.5) is 0 Å². The highest BCUT2D eigenvalue weighted by Gasteiger charge is 2.18. The van der Waals surface area contributed by atoms with Crippen LogP contribution in [0.1, 0.15) is 36.8 Å². The number of halogens is 2. The number of nitrogens with one attached hydrogen (secondary N) is 2. The highest BCUT2D eigenvalue weighted by Crippen LogP contribution is 2.35. The fourth-order valence-electron chi connectivity index (χ4n) is 4.12. The van der Waals surface area contributed by atoms with Crippen LogP contribution in [0.3, 0.4) is 0 Å². The van der Waals surface area contributed by atoms with Crippen LogP contribution in [-0.2, 0) is 22.6 Å². The Kier molecular flexibility index (Phi) is 9.94. The molecule has 4 rings (SSSR count). The van der Waals surface area contributed by atoms with Gasteiger partial charge in [0.1, 0.15) is 11.5 Å². The first-order valence-electron chi connectivity index (χ1n) is 10.3. The predicted octanol–water partition coefficient (Wildman–Crippen LogP) is 3.63. The van der Waals surface area contributed by atoms with E-state index in [1.54, 1.807) is 12.1 Å². The van der Waals surface area contributed by atoms with Crippen LogP contribution in [0, 0.1) is 0 Å². The summed E-state index contributed by atoms with van der Waals surface area (Å²) in [4.78, 5) is 0. The van der Waals surface area contributed by atoms with Crippen molar-refractivity contribution < 1.29 is 19.7 Å². The molecule has 0 amide bonds. The average molecular weight is 459 g/mol. The van der Waals surface area contributed by atoms with Crippen LogP contribution in [0.5, 0.6) is 11.5 Å². The zero-order chi connectivity index (χ0) is 19.3. The van der Waals surface area contributed by atoms with Gasteiger partial charge in [0, 0.05) is 68.1 Å². The lowest BCUT2D eigenvalue weighted by Gasteiger charge is -2.24. The molecule has 0 saturated carbocycles. The SMILES string of the molecule is Cl.Cl.Oc1ccc2c(O)c(CNC3CCOCC3)ccc2c1CNC1CCOCC1. The number of benzene rings is 2. The van der Waals surface area contributed by atoms with Crippen LogP contribution in [0.15, 0.2) is 24.3 Å². The summed E-state index contributed by atoms with van der Waals surface area (Å²) in [6, 6.07) is 8.29. The molecule has 0 aliphatic carbocycles. The maximum Gasteiger partial charge on any atom is 0.127 e. The zero-order valence-electron chi connectivity index (χ0n) is 17.1. The summed E-state index contributed by atoms with van der Waals surface area (Å²) < 4.78 is 10.8. The lowest BCUT2D eigenvalue weighted by Crippen LogP contribution is -2.34. The van der Waals surface area contributed by atoms with Gasteiger partial charge in [0.05, 0.1) is 0 Å². The molecule has 2 aromatic carbocycles. The number of fused-ring (bicyclic) bond motifs is 1. The summed E-state index contributed by atoms with van der Waals surface area (Å²) in [5.74, 6) is 0.559. The molecule has 0 atom stereocenters. The molecule has 2 aliphatic heterocycles. The fraction of sp³-hybridized carbons (Fsp3) is 0.545. The molecule has 4 N–H and O–H groups in total. The summed E-state index contributed by atoms with van der Waals surface area (Å²) in [7, 11) is 0. The molecule has 6 nitrogen and oxygen atoms in total. The Morgan fingerprint density at radius 3 is 1.87 bits per heavy atom. The molecule has 0 radical (unpaired) electrons. The average Bonchev–Trinajstić information content (AvgIpc) is 2.74. The Morgan fingerprint density at radius 2 is 1.27 bits per heavy atom. The molecule has 30 heavy (non-hydrogen) atoms. The molecule has 2 saturated heterocycles. The zero-order valence-corrected chi connectivity index (χ0v) is 18.7. The number of ether oxygens (including phenoxy) is 2. The normalized spacial score (nSPS) is 18.0. The summed E-state index contributed by atoms with van der Waals surface area (Å²) in [5.41, 5.74) is 1.72. The Balaban J connectivity index is 0.00000160. The Hall–Kier alpha value is -1.28. The molecule has 168 valence electrons. The van der Waals surface area contributed by atoms with Crippen LogP contribution in [0.25, 0.3) is 10.8 Å². The number of rotatable bonds is 6. The molecule has 2 heterocycles. The van der Waals surface area contributed by atoms with Gasteiger partial charge in [-0.1, -0.05) is 12.1 Å². The second-order valence-corrected chi connectivity index (χ2v) is 7.77. The Morgan fingerprint density at radius 1 is 0.733 bits per heavy atom. The van der Waals surface area contributed by atoms with Gasteiger partial charge >= 0.3 is 0 Å². The van der Waals surface area contributed by atoms with E-state index in [1.165, 1.54) is 0 Å². The highest BCUT2D eigenvalue weighted by atomic mass is 35.5. The van der Waals surface area contributed by atoms with Crippen LogP contribution in [0.2, 0.25) is 0 Å². The Labute approximate surface area is 190 Å². The highest BCUT2D eigenvalue weighted by molar-refractivity contribution is 5.93. The molecule has 8 heteroatoms. The van der Waals surface area contributed by atoms with E-state index in [-0.39, 0.29) is 30.6 Å². The van der Waals surface area contributed by atoms with Crippen molar-refractivity contribution in [3.63, 3.8) is 0 Å². The minimum Gasteiger partial charge on any atom is -0.508 e. The number of hydrogen-bond donors (Lipinski definition) is 4. The van der Waals surface area contributed by atoms with Crippen LogP contribution < -0.4 is 10.6 Å². The van der Waals surface area contributed by atoms with Crippen molar-refractivity contribution in [2.75, 3.05) is 26.4 Å². The minimum atomic E-state index is 0. The second kappa shape index (κ2) is 11.9. The molecule has 0 unspecified atom stereocenters. The van der Waals surface area contributed by atoms with Gasteiger partial charge in [0.15, 0.2) is 0 Å². The minimum absolute atomic E-state index is 0. The monoisotopic (exact) mass is 458 g/mol. The van der Waals surface area contributed by atoms with Crippen molar-refractivity contribution in [2.24, 2.45) is 0 Å². The third kappa shape index (κ3) is 5.90. The Bertz CT molecular complexity index is 809. The van der Waals surface area contributed by atoms with E-state index in [0.29, 0.717) is 30.9 Å². The van der Waals surface area contributed by atoms with Gasteiger partial charge in [-0.05, 0) is 43.2 Å². The van der Waals surface area contributed by atoms with Gasteiger partial charge in [-0.3, -0.25) is 0 Å². The van der Waals surface area contributed by atoms with Crippen molar-refractivity contribution in [2.45, 2.75) is 50.9 Å². The number of hydrogen-bond acceptors (Lipinski definition) is 6. The molecular weight excluding hydrogens is 427 g/mol. The third-order valence-corrected chi connectivity index (χ3v) is 5.93. The summed E-state index contributed by atoms with van der Waals surface area (Å²) in [5, 5.41) is 30.0. The first kappa shape index (κ1) is 25.0. The van der Waals surface area contributed by atoms with Gasteiger partial charge in [-0.25, -0.2) is 0 Å². The van der Waals surface area contributed by atoms with Gasteiger partial charge in [-0.2, -0.15) is 0 Å². The number of aromatic hydroxyl groups is 2. The van der Waals surface area contributed by atoms with Crippen molar-refractivity contribution in [1.82, 2.24) is 10.6 Å². The van der Waals surface area contributed by atoms with Crippen LogP contribution >= 0.6 is 24.8 Å². The van der Waals surface area contributed by atoms with E-state index >= 15 is 0 Å². The number of phenols is 2. The molecule has 0 aromatic heterocycles. The molecule has 0 bridgehead atoms. The summed E-state index contributed by atoms with van der Waals surface area (Å²) in [6.45, 7) is 4.36. The van der Waals surface area contributed by atoms with Crippen molar-refractivity contribution in [3.8, 4) is 11.5 Å². The standard InChI is InChI=1S/C22H30N2O4.2ClH/c25-21-4-3-19-18(20(21)14-24-17-7-11-28-12-8-17)2-1-15(22(19)26)13-23-16-5-9-27-10-6-16;;/h1-4,16-17,23-26H,5-14H2;2*1H. The van der Waals surface area contributed by atoms with E-state index in [0.717, 1.165) is 74.0 Å². The van der Waals surface area contributed by atoms with Gasteiger partial charge < -0.3 is 30.3 Å². The first-order chi connectivity index (χ1) is 13.7. The van der Waals surface area contributed by atoms with E-state index in [4.69, 9.17) is 9.47 Å². The van der Waals surface area contributed by atoms with Crippen molar-refractivity contribution in [1.29, 1.82) is 0 Å². The maximum absolute atomic E-state index is 10.8. The topological polar surface area (TPSA) is 83.0 Å². The fourth-order valence-corrected chi connectivity index (χ4v) is 4.12. The summed E-state index contributed by atoms with van der Waals surface area (Å²) in [6.07, 6.45) is 3.98. The smallest absolute Gasteiger partial charge is 0.127 e. The van der Waals surface area contributed by atoms with E-state index < -0.39 is 0 Å². The van der Waals surface area contributed by atoms with Gasteiger partial charge in [-0.15, -0.1) is 24.8 Å². The second-order valence-electron chi connectivity index (χ2n) is 7.77. The van der Waals surface area contributed by atoms with Gasteiger partial charge in [0.2, 0.25) is 0 Å².